The van der Waals surface area contributed by atoms with E-state index in [0.717, 1.165) is 11.6 Å². The highest BCUT2D eigenvalue weighted by atomic mass is 19.4. The third-order valence-corrected chi connectivity index (χ3v) is 5.61. The summed E-state index contributed by atoms with van der Waals surface area (Å²) in [6.45, 7) is 2.48. The number of aryl methyl sites for hydroxylation is 2. The monoisotopic (exact) mass is 417 g/mol. The van der Waals surface area contributed by atoms with Crippen molar-refractivity contribution in [1.82, 2.24) is 15.0 Å². The van der Waals surface area contributed by atoms with Crippen molar-refractivity contribution < 1.29 is 22.5 Å². The fourth-order valence-electron chi connectivity index (χ4n) is 4.05. The molecular weight excluding hydrogens is 395 g/mol. The molecular formula is C22H22F3N3O2. The van der Waals surface area contributed by atoms with E-state index < -0.39 is 11.7 Å². The zero-order valence-electron chi connectivity index (χ0n) is 16.6. The van der Waals surface area contributed by atoms with Crippen molar-refractivity contribution in [2.45, 2.75) is 44.7 Å². The maximum absolute atomic E-state index is 13.6. The zero-order valence-corrected chi connectivity index (χ0v) is 16.6. The minimum absolute atomic E-state index is 0.0537. The minimum Gasteiger partial charge on any atom is -0.343 e. The summed E-state index contributed by atoms with van der Waals surface area (Å²) >= 11 is 0. The maximum Gasteiger partial charge on any atom is 0.417 e. The van der Waals surface area contributed by atoms with Gasteiger partial charge in [0, 0.05) is 31.1 Å². The Balaban J connectivity index is 1.45. The quantitative estimate of drug-likeness (QED) is 0.607. The molecule has 1 aromatic carbocycles. The molecule has 0 spiro atoms. The van der Waals surface area contributed by atoms with Gasteiger partial charge in [-0.1, -0.05) is 35.5 Å². The Morgan fingerprint density at radius 1 is 1.20 bits per heavy atom. The summed E-state index contributed by atoms with van der Waals surface area (Å²) in [6, 6.07) is 10.8. The van der Waals surface area contributed by atoms with Crippen molar-refractivity contribution >= 4 is 17.0 Å². The third-order valence-electron chi connectivity index (χ3n) is 5.61. The van der Waals surface area contributed by atoms with Crippen molar-refractivity contribution in [3.8, 4) is 0 Å². The molecule has 4 rings (SSSR count). The second-order valence-corrected chi connectivity index (χ2v) is 7.70. The summed E-state index contributed by atoms with van der Waals surface area (Å²) in [6.07, 6.45) is -2.33. The van der Waals surface area contributed by atoms with E-state index in [-0.39, 0.29) is 28.6 Å². The maximum atomic E-state index is 13.6. The van der Waals surface area contributed by atoms with Crippen LogP contribution in [0.4, 0.5) is 13.2 Å². The molecule has 5 nitrogen and oxygen atoms in total. The average Bonchev–Trinajstić information content (AvgIpc) is 3.15. The number of piperidine rings is 1. The summed E-state index contributed by atoms with van der Waals surface area (Å²) in [4.78, 5) is 18.4. The Hall–Kier alpha value is -2.90. The Labute approximate surface area is 171 Å². The smallest absolute Gasteiger partial charge is 0.343 e. The van der Waals surface area contributed by atoms with Crippen LogP contribution in [0.2, 0.25) is 0 Å². The number of carbonyl (C=O) groups is 1. The van der Waals surface area contributed by atoms with Crippen LogP contribution in [-0.4, -0.2) is 34.0 Å². The highest BCUT2D eigenvalue weighted by Gasteiger charge is 2.37. The number of amides is 1. The van der Waals surface area contributed by atoms with Crippen LogP contribution in [0.25, 0.3) is 11.1 Å². The second kappa shape index (κ2) is 8.08. The number of hydrogen-bond acceptors (Lipinski definition) is 4. The number of hydrogen-bond donors (Lipinski definition) is 0. The predicted octanol–water partition coefficient (Wildman–Crippen LogP) is 4.89. The number of alkyl halides is 3. The molecule has 0 atom stereocenters. The average molecular weight is 417 g/mol. The number of likely N-dealkylation sites (tertiary alicyclic amines) is 1. The minimum atomic E-state index is -4.51. The number of aromatic nitrogens is 2. The first-order valence-electron chi connectivity index (χ1n) is 9.98. The number of carbonyl (C=O) groups excluding carboxylic acids is 1. The van der Waals surface area contributed by atoms with Gasteiger partial charge in [0.25, 0.3) is 5.71 Å². The summed E-state index contributed by atoms with van der Waals surface area (Å²) in [5.41, 5.74) is 0.788. The topological polar surface area (TPSA) is 59.2 Å². The van der Waals surface area contributed by atoms with Crippen LogP contribution in [-0.2, 0) is 17.4 Å². The Morgan fingerprint density at radius 2 is 1.90 bits per heavy atom. The van der Waals surface area contributed by atoms with Crippen LogP contribution in [0.15, 0.2) is 40.9 Å². The van der Waals surface area contributed by atoms with E-state index in [1.54, 1.807) is 4.90 Å². The molecule has 2 aromatic heterocycles. The van der Waals surface area contributed by atoms with E-state index in [2.05, 4.69) is 10.1 Å². The number of rotatable bonds is 4. The highest BCUT2D eigenvalue weighted by molar-refractivity contribution is 5.82. The van der Waals surface area contributed by atoms with E-state index in [1.165, 1.54) is 6.92 Å². The van der Waals surface area contributed by atoms with Gasteiger partial charge < -0.3 is 9.42 Å². The van der Waals surface area contributed by atoms with Gasteiger partial charge in [0.1, 0.15) is 0 Å². The number of halogens is 3. The first-order valence-corrected chi connectivity index (χ1v) is 9.98. The molecule has 30 heavy (non-hydrogen) atoms. The van der Waals surface area contributed by atoms with Gasteiger partial charge in [0.15, 0.2) is 0 Å². The molecule has 1 aliphatic rings. The van der Waals surface area contributed by atoms with Crippen molar-refractivity contribution in [3.05, 3.63) is 58.9 Å². The molecule has 158 valence electrons. The lowest BCUT2D eigenvalue weighted by Crippen LogP contribution is -2.38. The van der Waals surface area contributed by atoms with E-state index in [1.807, 2.05) is 30.3 Å². The Morgan fingerprint density at radius 3 is 2.57 bits per heavy atom. The number of nitrogens with zero attached hydrogens (tertiary/aromatic N) is 3. The van der Waals surface area contributed by atoms with Gasteiger partial charge in [0.05, 0.1) is 16.6 Å². The molecule has 1 saturated heterocycles. The molecule has 0 radical (unpaired) electrons. The summed E-state index contributed by atoms with van der Waals surface area (Å²) in [5, 5.41) is 3.89. The molecule has 1 fully saturated rings. The molecule has 8 heteroatoms. The first kappa shape index (κ1) is 20.4. The van der Waals surface area contributed by atoms with Crippen molar-refractivity contribution in [1.29, 1.82) is 0 Å². The highest BCUT2D eigenvalue weighted by Crippen LogP contribution is 2.40. The van der Waals surface area contributed by atoms with Crippen LogP contribution < -0.4 is 0 Å². The van der Waals surface area contributed by atoms with Crippen LogP contribution in [0.5, 0.6) is 0 Å². The predicted molar refractivity (Wildman–Crippen MR) is 105 cm³/mol. The van der Waals surface area contributed by atoms with Gasteiger partial charge in [-0.05, 0) is 37.8 Å². The van der Waals surface area contributed by atoms with Gasteiger partial charge in [-0.3, -0.25) is 4.79 Å². The first-order chi connectivity index (χ1) is 14.3. The van der Waals surface area contributed by atoms with Gasteiger partial charge in [-0.25, -0.2) is 4.98 Å². The molecule has 1 amide bonds. The zero-order chi connectivity index (χ0) is 21.3. The van der Waals surface area contributed by atoms with Crippen molar-refractivity contribution in [2.24, 2.45) is 0 Å². The van der Waals surface area contributed by atoms with Crippen molar-refractivity contribution in [3.63, 3.8) is 0 Å². The fraction of sp³-hybridized carbons (Fsp3) is 0.409. The SMILES string of the molecule is Cc1cc(C(F)(F)F)c2c(C3CCN(C(=O)CCc4ccccc4)CC3)noc2n1. The summed E-state index contributed by atoms with van der Waals surface area (Å²) in [7, 11) is 0. The van der Waals surface area contributed by atoms with Crippen LogP contribution in [0, 0.1) is 6.92 Å². The summed E-state index contributed by atoms with van der Waals surface area (Å²) < 4.78 is 45.8. The van der Waals surface area contributed by atoms with E-state index >= 15 is 0 Å². The molecule has 3 heterocycles. The second-order valence-electron chi connectivity index (χ2n) is 7.70. The Bertz CT molecular complexity index is 1040. The number of fused-ring (bicyclic) bond motifs is 1. The number of benzene rings is 1. The third kappa shape index (κ3) is 4.17. The van der Waals surface area contributed by atoms with Crippen molar-refractivity contribution in [2.75, 3.05) is 13.1 Å². The lowest BCUT2D eigenvalue weighted by molar-refractivity contribution is -0.136. The van der Waals surface area contributed by atoms with Gasteiger partial charge in [-0.15, -0.1) is 0 Å². The van der Waals surface area contributed by atoms with Gasteiger partial charge in [0.2, 0.25) is 5.91 Å². The van der Waals surface area contributed by atoms with Crippen LogP contribution >= 0.6 is 0 Å². The lowest BCUT2D eigenvalue weighted by Gasteiger charge is -2.31. The van der Waals surface area contributed by atoms with Crippen LogP contribution in [0.3, 0.4) is 0 Å². The molecule has 3 aromatic rings. The van der Waals surface area contributed by atoms with E-state index in [9.17, 15) is 18.0 Å². The lowest BCUT2D eigenvalue weighted by atomic mass is 9.90. The Kier molecular flexibility index (Phi) is 5.49. The molecule has 0 bridgehead atoms. The fourth-order valence-corrected chi connectivity index (χ4v) is 4.05. The van der Waals surface area contributed by atoms with Gasteiger partial charge in [-0.2, -0.15) is 13.2 Å². The standard InChI is InChI=1S/C22H22F3N3O2/c1-14-13-17(22(23,24)25)19-20(27-30-21(19)26-14)16-9-11-28(12-10-16)18(29)8-7-15-5-3-2-4-6-15/h2-6,13,16H,7-12H2,1H3. The van der Waals surface area contributed by atoms with E-state index in [4.69, 9.17) is 4.52 Å². The molecule has 0 N–H and O–H groups in total. The summed E-state index contributed by atoms with van der Waals surface area (Å²) in [5.74, 6) is -0.134. The van der Waals surface area contributed by atoms with E-state index in [0.29, 0.717) is 44.5 Å². The number of pyridine rings is 1. The molecule has 1 aliphatic heterocycles. The molecule has 0 aliphatic carbocycles. The molecule has 0 saturated carbocycles. The molecule has 0 unspecified atom stereocenters. The largest absolute Gasteiger partial charge is 0.417 e. The normalized spacial score (nSPS) is 15.7. The van der Waals surface area contributed by atoms with Gasteiger partial charge >= 0.3 is 6.18 Å². The van der Waals surface area contributed by atoms with Crippen LogP contribution in [0.1, 0.15) is 47.7 Å².